The van der Waals surface area contributed by atoms with E-state index in [1.807, 2.05) is 6.08 Å². The Bertz CT molecular complexity index is 921. The van der Waals surface area contributed by atoms with Crippen LogP contribution in [-0.4, -0.2) is 0 Å². The Kier molecular flexibility index (Phi) is 8.88. The quantitative estimate of drug-likeness (QED) is 0.219. The zero-order chi connectivity index (χ0) is 22.9. The van der Waals surface area contributed by atoms with Gasteiger partial charge in [0.2, 0.25) is 0 Å². The fourth-order valence-corrected chi connectivity index (χ4v) is 6.24. The Hall–Kier alpha value is -2.26. The van der Waals surface area contributed by atoms with Crippen molar-refractivity contribution < 1.29 is 0 Å². The minimum Gasteiger partial charge on any atom is -0.103 e. The average Bonchev–Trinajstić information content (AvgIpc) is 2.87. The molecule has 0 bridgehead atoms. The van der Waals surface area contributed by atoms with E-state index >= 15 is 0 Å². The normalized spacial score (nSPS) is 24.4. The highest BCUT2D eigenvalue weighted by Crippen LogP contribution is 2.48. The van der Waals surface area contributed by atoms with Crippen LogP contribution in [0, 0.1) is 29.6 Å². The largest absolute Gasteiger partial charge is 0.103 e. The van der Waals surface area contributed by atoms with Crippen molar-refractivity contribution in [3.05, 3.63) is 83.4 Å². The predicted octanol–water partition coefficient (Wildman–Crippen LogP) is 9.09. The fourth-order valence-electron chi connectivity index (χ4n) is 6.24. The molecule has 0 aliphatic heterocycles. The molecule has 0 nitrogen and oxygen atoms in total. The minimum atomic E-state index is 0.757. The van der Waals surface area contributed by atoms with Gasteiger partial charge in [0.05, 0.1) is 0 Å². The molecule has 0 radical (unpaired) electrons. The van der Waals surface area contributed by atoms with E-state index in [0.717, 1.165) is 47.6 Å². The zero-order valence-electron chi connectivity index (χ0n) is 20.7. The first-order valence-corrected chi connectivity index (χ1v) is 13.6. The first kappa shape index (κ1) is 23.9. The molecule has 2 aromatic carbocycles. The van der Waals surface area contributed by atoms with Gasteiger partial charge in [-0.25, -0.2) is 0 Å². The number of hydrogen-bond donors (Lipinski definition) is 0. The monoisotopic (exact) mass is 438 g/mol. The molecule has 0 heteroatoms. The second-order valence-electron chi connectivity index (χ2n) is 10.6. The number of allylic oxidation sites excluding steroid dienone is 1. The summed E-state index contributed by atoms with van der Waals surface area (Å²) in [6.07, 6.45) is 18.5. The van der Waals surface area contributed by atoms with Crippen LogP contribution < -0.4 is 0 Å². The maximum absolute atomic E-state index is 3.80. The summed E-state index contributed by atoms with van der Waals surface area (Å²) in [5, 5.41) is 0. The van der Waals surface area contributed by atoms with Crippen LogP contribution in [0.1, 0.15) is 106 Å². The van der Waals surface area contributed by atoms with Crippen molar-refractivity contribution in [2.24, 2.45) is 17.8 Å². The average molecular weight is 439 g/mol. The summed E-state index contributed by atoms with van der Waals surface area (Å²) in [6, 6.07) is 17.8. The SMILES string of the molecule is C=CCCc1ccc(C#Cc2ccc(C3CCC4CC(CCCCC)CCC4C3)cc2)cc1. The fraction of sp³-hybridized carbons (Fsp3) is 0.515. The lowest BCUT2D eigenvalue weighted by atomic mass is 9.63. The smallest absolute Gasteiger partial charge is 0.0249 e. The van der Waals surface area contributed by atoms with Crippen LogP contribution in [0.4, 0.5) is 0 Å². The number of benzene rings is 2. The zero-order valence-corrected chi connectivity index (χ0v) is 20.7. The standard InChI is InChI=1S/C33H42/c1-3-5-7-9-29-18-21-33-25-32(23-22-31(33)24-29)30-19-16-28(17-20-30)15-14-27-12-10-26(11-13-27)8-6-4-2/h4,10-13,16-17,19-20,29,31-33H,2-3,5-9,18,21-25H2,1H3. The molecule has 2 fully saturated rings. The number of aryl methyl sites for hydroxylation is 1. The lowest BCUT2D eigenvalue weighted by Crippen LogP contribution is -2.30. The molecule has 33 heavy (non-hydrogen) atoms. The van der Waals surface area contributed by atoms with Crippen molar-refractivity contribution in [2.45, 2.75) is 89.9 Å². The molecule has 0 amide bonds. The third-order valence-electron chi connectivity index (χ3n) is 8.26. The molecule has 2 aliphatic rings. The molecule has 174 valence electrons. The van der Waals surface area contributed by atoms with Crippen LogP contribution in [0.15, 0.2) is 61.2 Å². The van der Waals surface area contributed by atoms with Gasteiger partial charge in [-0.2, -0.15) is 0 Å². The summed E-state index contributed by atoms with van der Waals surface area (Å²) in [5.41, 5.74) is 5.10. The topological polar surface area (TPSA) is 0 Å². The number of rotatable bonds is 8. The van der Waals surface area contributed by atoms with E-state index in [2.05, 4.69) is 73.9 Å². The number of fused-ring (bicyclic) bond motifs is 1. The van der Waals surface area contributed by atoms with Gasteiger partial charge in [0, 0.05) is 11.1 Å². The van der Waals surface area contributed by atoms with Gasteiger partial charge in [-0.3, -0.25) is 0 Å². The van der Waals surface area contributed by atoms with Crippen LogP contribution in [0.2, 0.25) is 0 Å². The highest BCUT2D eigenvalue weighted by molar-refractivity contribution is 5.44. The molecule has 0 saturated heterocycles. The summed E-state index contributed by atoms with van der Waals surface area (Å²) in [6.45, 7) is 6.12. The molecule has 2 aliphatic carbocycles. The van der Waals surface area contributed by atoms with Crippen LogP contribution in [0.5, 0.6) is 0 Å². The van der Waals surface area contributed by atoms with Gasteiger partial charge in [-0.1, -0.05) is 81.2 Å². The molecular weight excluding hydrogens is 396 g/mol. The first-order valence-electron chi connectivity index (χ1n) is 13.6. The van der Waals surface area contributed by atoms with Crippen LogP contribution >= 0.6 is 0 Å². The number of hydrogen-bond acceptors (Lipinski definition) is 0. The maximum Gasteiger partial charge on any atom is 0.0249 e. The van der Waals surface area contributed by atoms with E-state index in [1.54, 1.807) is 0 Å². The molecular formula is C33H42. The second-order valence-corrected chi connectivity index (χ2v) is 10.6. The molecule has 0 aromatic heterocycles. The highest BCUT2D eigenvalue weighted by atomic mass is 14.4. The van der Waals surface area contributed by atoms with E-state index in [9.17, 15) is 0 Å². The van der Waals surface area contributed by atoms with Gasteiger partial charge in [0.15, 0.2) is 0 Å². The maximum atomic E-state index is 3.80. The van der Waals surface area contributed by atoms with Crippen molar-refractivity contribution in [3.63, 3.8) is 0 Å². The lowest BCUT2D eigenvalue weighted by Gasteiger charge is -2.42. The molecule has 2 saturated carbocycles. The third-order valence-corrected chi connectivity index (χ3v) is 8.26. The van der Waals surface area contributed by atoms with Gasteiger partial charge < -0.3 is 0 Å². The molecule has 0 N–H and O–H groups in total. The Labute approximate surface area is 202 Å². The predicted molar refractivity (Wildman–Crippen MR) is 142 cm³/mol. The molecule has 4 atom stereocenters. The molecule has 0 spiro atoms. The Morgan fingerprint density at radius 2 is 1.48 bits per heavy atom. The highest BCUT2D eigenvalue weighted by Gasteiger charge is 2.35. The van der Waals surface area contributed by atoms with Gasteiger partial charge in [0.25, 0.3) is 0 Å². The Morgan fingerprint density at radius 1 is 0.818 bits per heavy atom. The Morgan fingerprint density at radius 3 is 2.18 bits per heavy atom. The Balaban J connectivity index is 1.29. The van der Waals surface area contributed by atoms with Crippen molar-refractivity contribution in [2.75, 3.05) is 0 Å². The van der Waals surface area contributed by atoms with Gasteiger partial charge in [0.1, 0.15) is 0 Å². The summed E-state index contributed by atoms with van der Waals surface area (Å²) in [7, 11) is 0. The van der Waals surface area contributed by atoms with Crippen LogP contribution in [-0.2, 0) is 6.42 Å². The molecule has 2 aromatic rings. The number of unbranched alkanes of at least 4 members (excludes halogenated alkanes) is 2. The summed E-state index contributed by atoms with van der Waals surface area (Å²) in [4.78, 5) is 0. The second kappa shape index (κ2) is 12.3. The van der Waals surface area contributed by atoms with Crippen LogP contribution in [0.3, 0.4) is 0 Å². The summed E-state index contributed by atoms with van der Waals surface area (Å²) in [5.74, 6) is 10.5. The van der Waals surface area contributed by atoms with Crippen molar-refractivity contribution >= 4 is 0 Å². The van der Waals surface area contributed by atoms with Crippen LogP contribution in [0.25, 0.3) is 0 Å². The van der Waals surface area contributed by atoms with Gasteiger partial charge in [-0.15, -0.1) is 6.58 Å². The molecule has 4 rings (SSSR count). The van der Waals surface area contributed by atoms with Gasteiger partial charge >= 0.3 is 0 Å². The van der Waals surface area contributed by atoms with Crippen molar-refractivity contribution in [3.8, 4) is 11.8 Å². The van der Waals surface area contributed by atoms with E-state index in [0.29, 0.717) is 0 Å². The van der Waals surface area contributed by atoms with Crippen molar-refractivity contribution in [1.82, 2.24) is 0 Å². The summed E-state index contributed by atoms with van der Waals surface area (Å²) >= 11 is 0. The summed E-state index contributed by atoms with van der Waals surface area (Å²) < 4.78 is 0. The van der Waals surface area contributed by atoms with E-state index in [4.69, 9.17) is 0 Å². The van der Waals surface area contributed by atoms with E-state index in [-0.39, 0.29) is 0 Å². The van der Waals surface area contributed by atoms with E-state index in [1.165, 1.54) is 75.3 Å². The lowest BCUT2D eigenvalue weighted by molar-refractivity contribution is 0.113. The minimum absolute atomic E-state index is 0.757. The molecule has 0 heterocycles. The van der Waals surface area contributed by atoms with Crippen molar-refractivity contribution in [1.29, 1.82) is 0 Å². The first-order chi connectivity index (χ1) is 16.2. The van der Waals surface area contributed by atoms with E-state index < -0.39 is 0 Å². The third kappa shape index (κ3) is 6.86. The molecule has 4 unspecified atom stereocenters. The van der Waals surface area contributed by atoms with Gasteiger partial charge in [-0.05, 0) is 104 Å².